The molecule has 142 valence electrons. The maximum Gasteiger partial charge on any atom is 0.262 e. The number of rotatable bonds is 4. The smallest absolute Gasteiger partial charge is 0.262 e. The van der Waals surface area contributed by atoms with Gasteiger partial charge in [-0.2, -0.15) is 0 Å². The van der Waals surface area contributed by atoms with Crippen LogP contribution in [0.3, 0.4) is 0 Å². The number of aryl methyl sites for hydroxylation is 2. The number of halogens is 2. The van der Waals surface area contributed by atoms with Crippen LogP contribution in [0.2, 0.25) is 0 Å². The molecule has 0 saturated heterocycles. The molecule has 0 aliphatic heterocycles. The molecular weight excluding hydrogens is 392 g/mol. The first kappa shape index (κ1) is 19.5. The van der Waals surface area contributed by atoms with E-state index in [0.717, 1.165) is 40.4 Å². The molecule has 0 aliphatic rings. The Morgan fingerprint density at radius 1 is 1.33 bits per heavy atom. The average molecular weight is 409 g/mol. The van der Waals surface area contributed by atoms with Gasteiger partial charge in [0.25, 0.3) is 5.56 Å². The number of amides is 1. The maximum atomic E-state index is 13.7. The van der Waals surface area contributed by atoms with Crippen molar-refractivity contribution in [2.45, 2.75) is 31.2 Å². The van der Waals surface area contributed by atoms with E-state index in [0.29, 0.717) is 15.4 Å². The van der Waals surface area contributed by atoms with E-state index in [1.165, 1.54) is 15.9 Å². The van der Waals surface area contributed by atoms with Crippen molar-refractivity contribution in [2.75, 3.05) is 5.32 Å². The molecule has 0 fully saturated rings. The molecule has 5 nitrogen and oxygen atoms in total. The van der Waals surface area contributed by atoms with E-state index in [4.69, 9.17) is 0 Å². The predicted octanol–water partition coefficient (Wildman–Crippen LogP) is 4.01. The van der Waals surface area contributed by atoms with Gasteiger partial charge in [0.05, 0.1) is 16.3 Å². The lowest BCUT2D eigenvalue weighted by Gasteiger charge is -2.14. The Hall–Kier alpha value is -2.26. The molecule has 0 spiro atoms. The van der Waals surface area contributed by atoms with E-state index in [-0.39, 0.29) is 11.2 Å². The molecule has 27 heavy (non-hydrogen) atoms. The van der Waals surface area contributed by atoms with Crippen LogP contribution >= 0.6 is 23.1 Å². The second-order valence-electron chi connectivity index (χ2n) is 6.10. The minimum absolute atomic E-state index is 0.173. The Bertz CT molecular complexity index is 1110. The van der Waals surface area contributed by atoms with Crippen LogP contribution in [0.1, 0.15) is 17.4 Å². The number of aromatic nitrogens is 2. The van der Waals surface area contributed by atoms with Gasteiger partial charge >= 0.3 is 0 Å². The van der Waals surface area contributed by atoms with Crippen molar-refractivity contribution >= 4 is 44.9 Å². The van der Waals surface area contributed by atoms with Crippen LogP contribution in [0.15, 0.2) is 28.2 Å². The number of carbonyl (C=O) groups excluding carboxylic acids is 1. The van der Waals surface area contributed by atoms with Crippen LogP contribution in [-0.4, -0.2) is 20.7 Å². The van der Waals surface area contributed by atoms with Gasteiger partial charge in [-0.3, -0.25) is 14.2 Å². The number of carbonyl (C=O) groups is 1. The van der Waals surface area contributed by atoms with Crippen molar-refractivity contribution in [2.24, 2.45) is 7.05 Å². The normalized spacial score (nSPS) is 12.4. The summed E-state index contributed by atoms with van der Waals surface area (Å²) in [6.07, 6.45) is 0. The van der Waals surface area contributed by atoms with Crippen molar-refractivity contribution in [1.82, 2.24) is 9.55 Å². The first-order chi connectivity index (χ1) is 12.7. The van der Waals surface area contributed by atoms with Gasteiger partial charge in [0.1, 0.15) is 16.5 Å². The quantitative estimate of drug-likeness (QED) is 0.522. The number of fused-ring (bicyclic) bond motifs is 1. The molecular formula is C18H17F2N3O2S2. The molecule has 0 saturated carbocycles. The lowest BCUT2D eigenvalue weighted by Crippen LogP contribution is -2.26. The molecule has 1 aromatic carbocycles. The molecule has 3 rings (SSSR count). The molecule has 1 N–H and O–H groups in total. The van der Waals surface area contributed by atoms with Crippen LogP contribution in [0.25, 0.3) is 10.2 Å². The highest BCUT2D eigenvalue weighted by molar-refractivity contribution is 8.00. The fourth-order valence-corrected chi connectivity index (χ4v) is 4.45. The second-order valence-corrected chi connectivity index (χ2v) is 8.61. The number of thiophene rings is 1. The number of hydrogen-bond donors (Lipinski definition) is 1. The highest BCUT2D eigenvalue weighted by Gasteiger charge is 2.21. The molecule has 3 aromatic rings. The van der Waals surface area contributed by atoms with Gasteiger partial charge in [0.2, 0.25) is 5.91 Å². The lowest BCUT2D eigenvalue weighted by molar-refractivity contribution is -0.115. The van der Waals surface area contributed by atoms with Crippen LogP contribution < -0.4 is 10.9 Å². The minimum atomic E-state index is -0.724. The highest BCUT2D eigenvalue weighted by atomic mass is 32.2. The van der Waals surface area contributed by atoms with Crippen molar-refractivity contribution < 1.29 is 13.6 Å². The van der Waals surface area contributed by atoms with Gasteiger partial charge in [-0.1, -0.05) is 11.8 Å². The topological polar surface area (TPSA) is 64.0 Å². The molecule has 2 aromatic heterocycles. The number of nitrogens with one attached hydrogen (secondary N) is 1. The zero-order valence-corrected chi connectivity index (χ0v) is 16.7. The standard InChI is InChI=1S/C18H17F2N3O2S2/c1-8-9(2)26-16-14(8)17(25)23(4)18(22-16)27-10(3)15(24)21-13-7-11(19)5-6-12(13)20/h5-7,10H,1-4H3,(H,21,24). The summed E-state index contributed by atoms with van der Waals surface area (Å²) in [5.41, 5.74) is 0.509. The summed E-state index contributed by atoms with van der Waals surface area (Å²) in [4.78, 5) is 31.1. The number of hydrogen-bond acceptors (Lipinski definition) is 5. The third-order valence-electron chi connectivity index (χ3n) is 4.21. The summed E-state index contributed by atoms with van der Waals surface area (Å²) in [5, 5.41) is 2.66. The van der Waals surface area contributed by atoms with Gasteiger partial charge in [-0.25, -0.2) is 13.8 Å². The second kappa shape index (κ2) is 7.40. The maximum absolute atomic E-state index is 13.7. The van der Waals surface area contributed by atoms with Crippen molar-refractivity contribution in [3.63, 3.8) is 0 Å². The van der Waals surface area contributed by atoms with Gasteiger partial charge in [-0.15, -0.1) is 11.3 Å². The molecule has 0 radical (unpaired) electrons. The first-order valence-corrected chi connectivity index (χ1v) is 9.78. The zero-order chi connectivity index (χ0) is 19.9. The summed E-state index contributed by atoms with van der Waals surface area (Å²) in [7, 11) is 1.60. The molecule has 2 heterocycles. The molecule has 0 aliphatic carbocycles. The zero-order valence-electron chi connectivity index (χ0n) is 15.1. The number of thioether (sulfide) groups is 1. The third kappa shape index (κ3) is 3.74. The predicted molar refractivity (Wildman–Crippen MR) is 105 cm³/mol. The lowest BCUT2D eigenvalue weighted by atomic mass is 10.2. The molecule has 1 amide bonds. The highest BCUT2D eigenvalue weighted by Crippen LogP contribution is 2.29. The van der Waals surface area contributed by atoms with Gasteiger partial charge in [0, 0.05) is 18.0 Å². The Balaban J connectivity index is 1.86. The summed E-state index contributed by atoms with van der Waals surface area (Å²) >= 11 is 2.51. The Labute approximate surface area is 162 Å². The van der Waals surface area contributed by atoms with Crippen molar-refractivity contribution in [3.8, 4) is 0 Å². The van der Waals surface area contributed by atoms with E-state index < -0.39 is 22.8 Å². The summed E-state index contributed by atoms with van der Waals surface area (Å²) < 4.78 is 28.4. The summed E-state index contributed by atoms with van der Waals surface area (Å²) in [6.45, 7) is 5.42. The van der Waals surface area contributed by atoms with Crippen molar-refractivity contribution in [1.29, 1.82) is 0 Å². The first-order valence-electron chi connectivity index (χ1n) is 8.08. The van der Waals surface area contributed by atoms with Crippen LogP contribution in [0.5, 0.6) is 0 Å². The molecule has 1 unspecified atom stereocenters. The fraction of sp³-hybridized carbons (Fsp3) is 0.278. The summed E-state index contributed by atoms with van der Waals surface area (Å²) in [6, 6.07) is 2.84. The van der Waals surface area contributed by atoms with Gasteiger partial charge < -0.3 is 5.32 Å². The number of anilines is 1. The van der Waals surface area contributed by atoms with E-state index in [9.17, 15) is 18.4 Å². The van der Waals surface area contributed by atoms with Crippen molar-refractivity contribution in [3.05, 3.63) is 50.6 Å². The average Bonchev–Trinajstić information content (AvgIpc) is 2.89. The molecule has 0 bridgehead atoms. The van der Waals surface area contributed by atoms with E-state index in [2.05, 4.69) is 10.3 Å². The minimum Gasteiger partial charge on any atom is -0.323 e. The molecule has 9 heteroatoms. The Kier molecular flexibility index (Phi) is 5.34. The molecule has 1 atom stereocenters. The largest absolute Gasteiger partial charge is 0.323 e. The number of benzene rings is 1. The number of nitrogens with zero attached hydrogens (tertiary/aromatic N) is 2. The van der Waals surface area contributed by atoms with Gasteiger partial charge in [0.15, 0.2) is 5.16 Å². The third-order valence-corrected chi connectivity index (χ3v) is 6.45. The van der Waals surface area contributed by atoms with Crippen LogP contribution in [-0.2, 0) is 11.8 Å². The summed E-state index contributed by atoms with van der Waals surface area (Å²) in [5.74, 6) is -1.89. The van der Waals surface area contributed by atoms with E-state index >= 15 is 0 Å². The monoisotopic (exact) mass is 409 g/mol. The van der Waals surface area contributed by atoms with Crippen LogP contribution in [0.4, 0.5) is 14.5 Å². The Morgan fingerprint density at radius 3 is 2.74 bits per heavy atom. The fourth-order valence-electron chi connectivity index (χ4n) is 2.50. The SMILES string of the molecule is Cc1sc2nc(SC(C)C(=O)Nc3cc(F)ccc3F)n(C)c(=O)c2c1C. The van der Waals surface area contributed by atoms with Crippen LogP contribution in [0, 0.1) is 25.5 Å². The van der Waals surface area contributed by atoms with E-state index in [1.54, 1.807) is 14.0 Å². The Morgan fingerprint density at radius 2 is 2.04 bits per heavy atom. The van der Waals surface area contributed by atoms with Gasteiger partial charge in [-0.05, 0) is 38.5 Å². The van der Waals surface area contributed by atoms with E-state index in [1.807, 2.05) is 13.8 Å².